The lowest BCUT2D eigenvalue weighted by Gasteiger charge is -2.26. The van der Waals surface area contributed by atoms with Crippen LogP contribution in [0.1, 0.15) is 57.1 Å². The molecule has 4 heteroatoms. The SMILES string of the molecule is CCCC(N)C(=O)NC(c1ccccc1)C1CCCC1.Cl. The van der Waals surface area contributed by atoms with Crippen LogP contribution in [-0.2, 0) is 4.79 Å². The lowest BCUT2D eigenvalue weighted by molar-refractivity contribution is -0.123. The van der Waals surface area contributed by atoms with Gasteiger partial charge in [0.1, 0.15) is 0 Å². The van der Waals surface area contributed by atoms with E-state index in [1.54, 1.807) is 0 Å². The van der Waals surface area contributed by atoms with Gasteiger partial charge in [-0.1, -0.05) is 56.5 Å². The fraction of sp³-hybridized carbons (Fsp3) is 0.588. The largest absolute Gasteiger partial charge is 0.348 e. The lowest BCUT2D eigenvalue weighted by atomic mass is 9.91. The summed E-state index contributed by atoms with van der Waals surface area (Å²) in [4.78, 5) is 12.2. The first-order valence-corrected chi connectivity index (χ1v) is 7.83. The van der Waals surface area contributed by atoms with Gasteiger partial charge in [-0.15, -0.1) is 12.4 Å². The van der Waals surface area contributed by atoms with Gasteiger partial charge in [0.15, 0.2) is 0 Å². The Morgan fingerprint density at radius 3 is 2.48 bits per heavy atom. The van der Waals surface area contributed by atoms with E-state index in [0.29, 0.717) is 5.92 Å². The molecule has 1 amide bonds. The molecule has 0 aromatic heterocycles. The Morgan fingerprint density at radius 2 is 1.90 bits per heavy atom. The maximum Gasteiger partial charge on any atom is 0.237 e. The van der Waals surface area contributed by atoms with Crippen LogP contribution in [-0.4, -0.2) is 11.9 Å². The lowest BCUT2D eigenvalue weighted by Crippen LogP contribution is -2.43. The summed E-state index contributed by atoms with van der Waals surface area (Å²) in [5, 5.41) is 3.20. The van der Waals surface area contributed by atoms with Gasteiger partial charge in [-0.25, -0.2) is 0 Å². The number of nitrogens with two attached hydrogens (primary N) is 1. The highest BCUT2D eigenvalue weighted by Gasteiger charge is 2.28. The number of carbonyl (C=O) groups excluding carboxylic acids is 1. The summed E-state index contributed by atoms with van der Waals surface area (Å²) in [6.45, 7) is 2.05. The molecule has 3 N–H and O–H groups in total. The molecular weight excluding hydrogens is 284 g/mol. The van der Waals surface area contributed by atoms with Crippen LogP contribution in [0.15, 0.2) is 30.3 Å². The number of nitrogens with one attached hydrogen (secondary N) is 1. The van der Waals surface area contributed by atoms with Gasteiger partial charge in [-0.05, 0) is 30.7 Å². The van der Waals surface area contributed by atoms with Crippen molar-refractivity contribution < 1.29 is 4.79 Å². The number of amides is 1. The topological polar surface area (TPSA) is 55.1 Å². The number of halogens is 1. The van der Waals surface area contributed by atoms with Crippen LogP contribution in [0, 0.1) is 5.92 Å². The zero-order valence-electron chi connectivity index (χ0n) is 12.8. The highest BCUT2D eigenvalue weighted by molar-refractivity contribution is 5.85. The van der Waals surface area contributed by atoms with E-state index < -0.39 is 0 Å². The second-order valence-electron chi connectivity index (χ2n) is 5.84. The Labute approximate surface area is 134 Å². The Morgan fingerprint density at radius 1 is 1.29 bits per heavy atom. The average molecular weight is 311 g/mol. The zero-order valence-corrected chi connectivity index (χ0v) is 13.6. The first kappa shape index (κ1) is 18.0. The molecule has 1 aromatic rings. The average Bonchev–Trinajstić information content (AvgIpc) is 2.99. The van der Waals surface area contributed by atoms with Gasteiger partial charge < -0.3 is 11.1 Å². The summed E-state index contributed by atoms with van der Waals surface area (Å²) in [6.07, 6.45) is 6.62. The maximum atomic E-state index is 12.2. The summed E-state index contributed by atoms with van der Waals surface area (Å²) in [5.41, 5.74) is 7.15. The molecule has 1 saturated carbocycles. The van der Waals surface area contributed by atoms with Crippen LogP contribution in [0.2, 0.25) is 0 Å². The predicted octanol–water partition coefficient (Wildman–Crippen LogP) is 3.58. The highest BCUT2D eigenvalue weighted by atomic mass is 35.5. The number of hydrogen-bond donors (Lipinski definition) is 2. The fourth-order valence-electron chi connectivity index (χ4n) is 3.13. The van der Waals surface area contributed by atoms with E-state index in [0.717, 1.165) is 12.8 Å². The summed E-state index contributed by atoms with van der Waals surface area (Å²) in [5.74, 6) is 0.544. The number of hydrogen-bond acceptors (Lipinski definition) is 2. The van der Waals surface area contributed by atoms with Gasteiger partial charge in [0.2, 0.25) is 5.91 Å². The van der Waals surface area contributed by atoms with Gasteiger partial charge in [0.05, 0.1) is 12.1 Å². The minimum Gasteiger partial charge on any atom is -0.348 e. The summed E-state index contributed by atoms with van der Waals surface area (Å²) in [7, 11) is 0. The van der Waals surface area contributed by atoms with Crippen LogP contribution in [0.3, 0.4) is 0 Å². The van der Waals surface area contributed by atoms with Gasteiger partial charge in [0, 0.05) is 0 Å². The summed E-state index contributed by atoms with van der Waals surface area (Å²) >= 11 is 0. The van der Waals surface area contributed by atoms with E-state index in [2.05, 4.69) is 24.4 Å². The third-order valence-corrected chi connectivity index (χ3v) is 4.26. The van der Waals surface area contributed by atoms with Crippen molar-refractivity contribution >= 4 is 18.3 Å². The normalized spacial score (nSPS) is 17.8. The Bertz CT molecular complexity index is 418. The second kappa shape index (κ2) is 9.06. The van der Waals surface area contributed by atoms with Crippen molar-refractivity contribution in [2.24, 2.45) is 11.7 Å². The van der Waals surface area contributed by atoms with Crippen LogP contribution >= 0.6 is 12.4 Å². The van der Waals surface area contributed by atoms with E-state index >= 15 is 0 Å². The van der Waals surface area contributed by atoms with Gasteiger partial charge in [0.25, 0.3) is 0 Å². The van der Waals surface area contributed by atoms with E-state index in [1.165, 1.54) is 31.2 Å². The smallest absolute Gasteiger partial charge is 0.237 e. The molecule has 0 saturated heterocycles. The third-order valence-electron chi connectivity index (χ3n) is 4.26. The van der Waals surface area contributed by atoms with E-state index in [-0.39, 0.29) is 30.4 Å². The monoisotopic (exact) mass is 310 g/mol. The maximum absolute atomic E-state index is 12.2. The Balaban J connectivity index is 0.00000220. The van der Waals surface area contributed by atoms with E-state index in [9.17, 15) is 4.79 Å². The molecule has 0 heterocycles. The molecule has 0 radical (unpaired) electrons. The van der Waals surface area contributed by atoms with E-state index in [4.69, 9.17) is 5.73 Å². The molecule has 0 spiro atoms. The fourth-order valence-corrected chi connectivity index (χ4v) is 3.13. The number of rotatable bonds is 6. The molecule has 1 fully saturated rings. The van der Waals surface area contributed by atoms with E-state index in [1.807, 2.05) is 18.2 Å². The molecule has 1 aromatic carbocycles. The predicted molar refractivity (Wildman–Crippen MR) is 89.4 cm³/mol. The van der Waals surface area contributed by atoms with Crippen molar-refractivity contribution in [1.29, 1.82) is 0 Å². The van der Waals surface area contributed by atoms with Crippen molar-refractivity contribution in [2.45, 2.75) is 57.5 Å². The van der Waals surface area contributed by atoms with Crippen LogP contribution in [0.4, 0.5) is 0 Å². The summed E-state index contributed by atoms with van der Waals surface area (Å²) in [6, 6.07) is 10.0. The quantitative estimate of drug-likeness (QED) is 0.843. The second-order valence-corrected chi connectivity index (χ2v) is 5.84. The van der Waals surface area contributed by atoms with Gasteiger partial charge >= 0.3 is 0 Å². The molecule has 3 nitrogen and oxygen atoms in total. The molecule has 21 heavy (non-hydrogen) atoms. The first-order chi connectivity index (χ1) is 9.72. The molecule has 1 aliphatic rings. The van der Waals surface area contributed by atoms with Gasteiger partial charge in [-0.3, -0.25) is 4.79 Å². The molecule has 0 bridgehead atoms. The minimum absolute atomic E-state index is 0. The third kappa shape index (κ3) is 5.01. The van der Waals surface area contributed by atoms with Crippen LogP contribution in [0.25, 0.3) is 0 Å². The zero-order chi connectivity index (χ0) is 14.4. The Kier molecular flexibility index (Phi) is 7.76. The summed E-state index contributed by atoms with van der Waals surface area (Å²) < 4.78 is 0. The van der Waals surface area contributed by atoms with Gasteiger partial charge in [-0.2, -0.15) is 0 Å². The minimum atomic E-state index is -0.382. The molecule has 1 aliphatic carbocycles. The number of benzene rings is 1. The van der Waals surface area contributed by atoms with Crippen LogP contribution in [0.5, 0.6) is 0 Å². The molecular formula is C17H27ClN2O. The Hall–Kier alpha value is -1.06. The molecule has 118 valence electrons. The van der Waals surface area contributed by atoms with Crippen molar-refractivity contribution in [2.75, 3.05) is 0 Å². The van der Waals surface area contributed by atoms with Crippen LogP contribution < -0.4 is 11.1 Å². The molecule has 0 aliphatic heterocycles. The van der Waals surface area contributed by atoms with Crippen molar-refractivity contribution in [3.63, 3.8) is 0 Å². The first-order valence-electron chi connectivity index (χ1n) is 7.83. The van der Waals surface area contributed by atoms with Crippen molar-refractivity contribution in [3.8, 4) is 0 Å². The number of carbonyl (C=O) groups is 1. The molecule has 2 atom stereocenters. The standard InChI is InChI=1S/C17H26N2O.ClH/c1-2-8-15(18)17(20)19-16(14-11-6-7-12-14)13-9-4-3-5-10-13;/h3-5,9-10,14-16H,2,6-8,11-12,18H2,1H3,(H,19,20);1H. The van der Waals surface area contributed by atoms with Crippen molar-refractivity contribution in [3.05, 3.63) is 35.9 Å². The van der Waals surface area contributed by atoms with Crippen molar-refractivity contribution in [1.82, 2.24) is 5.32 Å². The highest BCUT2D eigenvalue weighted by Crippen LogP contribution is 2.35. The molecule has 2 rings (SSSR count). The molecule has 2 unspecified atom stereocenters.